The molecule has 0 amide bonds. The molecule has 0 radical (unpaired) electrons. The van der Waals surface area contributed by atoms with Crippen molar-refractivity contribution in [2.45, 2.75) is 130 Å². The van der Waals surface area contributed by atoms with E-state index in [1.807, 2.05) is 0 Å². The van der Waals surface area contributed by atoms with Crippen molar-refractivity contribution in [3.63, 3.8) is 0 Å². The van der Waals surface area contributed by atoms with Crippen LogP contribution in [0.1, 0.15) is 130 Å². The third-order valence-corrected chi connectivity index (χ3v) is 7.84. The maximum atomic E-state index is 12.8. The van der Waals surface area contributed by atoms with Crippen molar-refractivity contribution in [1.82, 2.24) is 4.90 Å². The molecule has 0 unspecified atom stereocenters. The quantitative estimate of drug-likeness (QED) is 0.115. The van der Waals surface area contributed by atoms with Crippen LogP contribution in [0.4, 0.5) is 0 Å². The van der Waals surface area contributed by atoms with Gasteiger partial charge in [-0.25, -0.2) is 0 Å². The number of piperidine rings is 1. The summed E-state index contributed by atoms with van der Waals surface area (Å²) in [6, 6.07) is 0. The van der Waals surface area contributed by atoms with E-state index in [-0.39, 0.29) is 18.8 Å². The first-order valence-electron chi connectivity index (χ1n) is 15.1. The Morgan fingerprint density at radius 1 is 0.778 bits per heavy atom. The molecule has 0 aliphatic carbocycles. The molecular weight excluding hydrogens is 454 g/mol. The molecule has 0 aromatic heterocycles. The number of esters is 1. The molecule has 0 bridgehead atoms. The van der Waals surface area contributed by atoms with Gasteiger partial charge in [0, 0.05) is 13.2 Å². The Balaban J connectivity index is 2.41. The molecule has 1 aliphatic rings. The first kappa shape index (κ1) is 32.9. The number of likely N-dealkylation sites (tertiary alicyclic amines) is 1. The first-order valence-corrected chi connectivity index (χ1v) is 15.1. The SMILES string of the molecule is CCCCCC(CCCCC)CCOC(=O)CC1(CC(=O)O)CCN(CCCCOCCCC)CC1. The number of hydrogen-bond acceptors (Lipinski definition) is 5. The van der Waals surface area contributed by atoms with Crippen molar-refractivity contribution in [2.75, 3.05) is 39.5 Å². The van der Waals surface area contributed by atoms with Gasteiger partial charge in [0.05, 0.1) is 19.4 Å². The molecule has 6 heteroatoms. The van der Waals surface area contributed by atoms with Gasteiger partial charge in [-0.2, -0.15) is 0 Å². The molecule has 1 N–H and O–H groups in total. The van der Waals surface area contributed by atoms with Crippen LogP contribution in [0, 0.1) is 11.3 Å². The van der Waals surface area contributed by atoms with E-state index >= 15 is 0 Å². The Morgan fingerprint density at radius 2 is 1.39 bits per heavy atom. The van der Waals surface area contributed by atoms with Crippen LogP contribution >= 0.6 is 0 Å². The van der Waals surface area contributed by atoms with Crippen LogP contribution in [0.2, 0.25) is 0 Å². The Kier molecular flexibility index (Phi) is 19.1. The lowest BCUT2D eigenvalue weighted by atomic mass is 9.73. The maximum Gasteiger partial charge on any atom is 0.306 e. The summed E-state index contributed by atoms with van der Waals surface area (Å²) in [5.74, 6) is -0.397. The standard InChI is InChI=1S/C30H57NO5/c1-4-7-10-14-27(15-11-8-5-2)16-24-36-29(34)26-30(25-28(32)33)17-20-31(21-18-30)19-12-13-23-35-22-9-6-3/h27H,4-26H2,1-3H3,(H,32,33). The third-order valence-electron chi connectivity index (χ3n) is 7.84. The fourth-order valence-electron chi connectivity index (χ4n) is 5.37. The molecule has 0 aromatic carbocycles. The number of carboxylic acids is 1. The number of nitrogens with zero attached hydrogens (tertiary/aromatic N) is 1. The lowest BCUT2D eigenvalue weighted by Crippen LogP contribution is -2.42. The van der Waals surface area contributed by atoms with Gasteiger partial charge in [-0.15, -0.1) is 0 Å². The average Bonchev–Trinajstić information content (AvgIpc) is 2.84. The monoisotopic (exact) mass is 511 g/mol. The van der Waals surface area contributed by atoms with Crippen LogP contribution in [0.15, 0.2) is 0 Å². The second-order valence-electron chi connectivity index (χ2n) is 11.1. The number of aliphatic carboxylic acids is 1. The van der Waals surface area contributed by atoms with Crippen LogP contribution in [0.5, 0.6) is 0 Å². The zero-order valence-corrected chi connectivity index (χ0v) is 23.9. The minimum absolute atomic E-state index is 0.0534. The molecule has 0 atom stereocenters. The number of carboxylic acid groups (broad SMARTS) is 1. The van der Waals surface area contributed by atoms with Gasteiger partial charge in [-0.05, 0) is 69.5 Å². The zero-order chi connectivity index (χ0) is 26.5. The van der Waals surface area contributed by atoms with Crippen molar-refractivity contribution in [3.05, 3.63) is 0 Å². The second-order valence-corrected chi connectivity index (χ2v) is 11.1. The van der Waals surface area contributed by atoms with E-state index in [0.717, 1.165) is 77.8 Å². The molecule has 212 valence electrons. The van der Waals surface area contributed by atoms with Crippen molar-refractivity contribution < 1.29 is 24.2 Å². The Hall–Kier alpha value is -1.14. The van der Waals surface area contributed by atoms with E-state index in [4.69, 9.17) is 9.47 Å². The molecule has 1 rings (SSSR count). The van der Waals surface area contributed by atoms with E-state index in [2.05, 4.69) is 25.7 Å². The minimum Gasteiger partial charge on any atom is -0.481 e. The molecule has 1 saturated heterocycles. The highest BCUT2D eigenvalue weighted by Crippen LogP contribution is 2.39. The molecule has 1 heterocycles. The lowest BCUT2D eigenvalue weighted by molar-refractivity contribution is -0.150. The highest BCUT2D eigenvalue weighted by molar-refractivity contribution is 5.73. The number of ether oxygens (including phenoxy) is 2. The molecule has 1 aliphatic heterocycles. The summed E-state index contributed by atoms with van der Waals surface area (Å²) in [4.78, 5) is 26.8. The summed E-state index contributed by atoms with van der Waals surface area (Å²) < 4.78 is 11.3. The van der Waals surface area contributed by atoms with Gasteiger partial charge >= 0.3 is 11.9 Å². The molecular formula is C30H57NO5. The van der Waals surface area contributed by atoms with E-state index in [1.54, 1.807) is 0 Å². The predicted molar refractivity (Wildman–Crippen MR) is 147 cm³/mol. The Bertz CT molecular complexity index is 550. The van der Waals surface area contributed by atoms with Crippen molar-refractivity contribution in [1.29, 1.82) is 0 Å². The Labute approximate surface area is 221 Å². The smallest absolute Gasteiger partial charge is 0.306 e. The van der Waals surface area contributed by atoms with Crippen LogP contribution in [0.3, 0.4) is 0 Å². The molecule has 36 heavy (non-hydrogen) atoms. The van der Waals surface area contributed by atoms with Crippen molar-refractivity contribution in [2.24, 2.45) is 11.3 Å². The van der Waals surface area contributed by atoms with E-state index in [9.17, 15) is 14.7 Å². The number of carbonyl (C=O) groups excluding carboxylic acids is 1. The lowest BCUT2D eigenvalue weighted by Gasteiger charge is -2.40. The number of hydrogen-bond donors (Lipinski definition) is 1. The molecule has 6 nitrogen and oxygen atoms in total. The number of carbonyl (C=O) groups is 2. The zero-order valence-electron chi connectivity index (χ0n) is 23.9. The highest BCUT2D eigenvalue weighted by atomic mass is 16.5. The van der Waals surface area contributed by atoms with Gasteiger partial charge in [0.15, 0.2) is 0 Å². The summed E-state index contributed by atoms with van der Waals surface area (Å²) in [5.41, 5.74) is -0.468. The fourth-order valence-corrected chi connectivity index (χ4v) is 5.37. The van der Waals surface area contributed by atoms with Crippen molar-refractivity contribution >= 4 is 11.9 Å². The van der Waals surface area contributed by atoms with Gasteiger partial charge in [0.2, 0.25) is 0 Å². The summed E-state index contributed by atoms with van der Waals surface area (Å²) >= 11 is 0. The van der Waals surface area contributed by atoms with Crippen molar-refractivity contribution in [3.8, 4) is 0 Å². The maximum absolute atomic E-state index is 12.8. The molecule has 0 saturated carbocycles. The average molecular weight is 512 g/mol. The molecule has 1 fully saturated rings. The second kappa shape index (κ2) is 20.9. The minimum atomic E-state index is -0.813. The highest BCUT2D eigenvalue weighted by Gasteiger charge is 2.39. The van der Waals surface area contributed by atoms with Crippen LogP contribution in [-0.2, 0) is 19.1 Å². The normalized spacial score (nSPS) is 15.9. The number of rotatable bonds is 23. The van der Waals surface area contributed by atoms with Crippen LogP contribution in [0.25, 0.3) is 0 Å². The van der Waals surface area contributed by atoms with Gasteiger partial charge in [-0.1, -0.05) is 78.6 Å². The number of unbranched alkanes of at least 4 members (excludes halogenated alkanes) is 6. The molecule has 0 spiro atoms. The Morgan fingerprint density at radius 3 is 1.97 bits per heavy atom. The van der Waals surface area contributed by atoms with E-state index < -0.39 is 11.4 Å². The topological polar surface area (TPSA) is 76.1 Å². The van der Waals surface area contributed by atoms with Crippen LogP contribution in [-0.4, -0.2) is 61.4 Å². The third kappa shape index (κ3) is 15.9. The first-order chi connectivity index (χ1) is 17.4. The van der Waals surface area contributed by atoms with Gasteiger partial charge in [-0.3, -0.25) is 9.59 Å². The largest absolute Gasteiger partial charge is 0.481 e. The fraction of sp³-hybridized carbons (Fsp3) is 0.933. The summed E-state index contributed by atoms with van der Waals surface area (Å²) in [5, 5.41) is 9.55. The van der Waals surface area contributed by atoms with Gasteiger partial charge in [0.25, 0.3) is 0 Å². The predicted octanol–water partition coefficient (Wildman–Crippen LogP) is 7.24. The summed E-state index contributed by atoms with van der Waals surface area (Å²) in [7, 11) is 0. The molecule has 0 aromatic rings. The van der Waals surface area contributed by atoms with E-state index in [0.29, 0.717) is 12.5 Å². The summed E-state index contributed by atoms with van der Waals surface area (Å²) in [6.07, 6.45) is 17.1. The summed E-state index contributed by atoms with van der Waals surface area (Å²) in [6.45, 7) is 11.5. The van der Waals surface area contributed by atoms with E-state index in [1.165, 1.54) is 51.4 Å². The van der Waals surface area contributed by atoms with Gasteiger partial charge < -0.3 is 19.5 Å². The van der Waals surface area contributed by atoms with Crippen LogP contribution < -0.4 is 0 Å². The van der Waals surface area contributed by atoms with Gasteiger partial charge in [0.1, 0.15) is 0 Å².